The Morgan fingerprint density at radius 3 is 2.53 bits per heavy atom. The van der Waals surface area contributed by atoms with Gasteiger partial charge in [0.1, 0.15) is 10.0 Å². The lowest BCUT2D eigenvalue weighted by atomic mass is 10.3. The molecule has 0 aliphatic rings. The molecule has 0 aliphatic heterocycles. The first-order valence-corrected chi connectivity index (χ1v) is 7.53. The lowest BCUT2D eigenvalue weighted by molar-refractivity contribution is 0.601. The molecule has 0 aliphatic carbocycles. The zero-order valence-electron chi connectivity index (χ0n) is 9.89. The summed E-state index contributed by atoms with van der Waals surface area (Å²) in [6.07, 6.45) is 1.35. The highest BCUT2D eigenvalue weighted by molar-refractivity contribution is 7.92. The van der Waals surface area contributed by atoms with Crippen LogP contribution in [0.15, 0.2) is 41.4 Å². The normalized spacial score (nSPS) is 11.3. The summed E-state index contributed by atoms with van der Waals surface area (Å²) in [6.45, 7) is 1.74. The van der Waals surface area contributed by atoms with Crippen molar-refractivity contribution in [3.05, 3.63) is 52.3 Å². The van der Waals surface area contributed by atoms with Gasteiger partial charge in [0.15, 0.2) is 0 Å². The second kappa shape index (κ2) is 5.36. The smallest absolute Gasteiger partial charge is 0.263 e. The number of benzene rings is 1. The molecule has 7 heteroatoms. The first-order valence-electron chi connectivity index (χ1n) is 5.29. The van der Waals surface area contributed by atoms with Crippen molar-refractivity contribution in [2.75, 3.05) is 4.72 Å². The van der Waals surface area contributed by atoms with Crippen LogP contribution in [0, 0.1) is 6.92 Å². The fourth-order valence-electron chi connectivity index (χ4n) is 1.49. The Labute approximate surface area is 121 Å². The van der Waals surface area contributed by atoms with Crippen LogP contribution < -0.4 is 4.72 Å². The first kappa shape index (κ1) is 14.1. The van der Waals surface area contributed by atoms with Gasteiger partial charge in [-0.1, -0.05) is 35.3 Å². The number of anilines is 1. The van der Waals surface area contributed by atoms with Crippen molar-refractivity contribution in [3.63, 3.8) is 0 Å². The van der Waals surface area contributed by atoms with E-state index >= 15 is 0 Å². The maximum Gasteiger partial charge on any atom is 0.263 e. The van der Waals surface area contributed by atoms with Gasteiger partial charge in [-0.15, -0.1) is 0 Å². The van der Waals surface area contributed by atoms with Crippen molar-refractivity contribution in [1.82, 2.24) is 4.98 Å². The lowest BCUT2D eigenvalue weighted by Crippen LogP contribution is -2.13. The molecule has 1 aromatic carbocycles. The van der Waals surface area contributed by atoms with Gasteiger partial charge in [-0.25, -0.2) is 13.4 Å². The van der Waals surface area contributed by atoms with Crippen molar-refractivity contribution >= 4 is 38.9 Å². The van der Waals surface area contributed by atoms with E-state index in [-0.39, 0.29) is 9.92 Å². The number of aromatic nitrogens is 1. The summed E-state index contributed by atoms with van der Waals surface area (Å²) in [7, 11) is -3.74. The standard InChI is InChI=1S/C12H10Cl2N2O2S/c1-8-6-9(7-15-12(8)14)16-19(17,18)11-5-3-2-4-10(11)13/h2-7,16H,1H3. The molecule has 0 amide bonds. The van der Waals surface area contributed by atoms with E-state index in [1.807, 2.05) is 0 Å². The maximum atomic E-state index is 12.2. The minimum Gasteiger partial charge on any atom is -0.278 e. The second-order valence-electron chi connectivity index (χ2n) is 3.87. The van der Waals surface area contributed by atoms with E-state index in [1.54, 1.807) is 25.1 Å². The molecule has 1 aromatic heterocycles. The quantitative estimate of drug-likeness (QED) is 0.882. The van der Waals surface area contributed by atoms with E-state index < -0.39 is 10.0 Å². The number of pyridine rings is 1. The largest absolute Gasteiger partial charge is 0.278 e. The van der Waals surface area contributed by atoms with Crippen molar-refractivity contribution in [3.8, 4) is 0 Å². The fourth-order valence-corrected chi connectivity index (χ4v) is 3.14. The Morgan fingerprint density at radius 1 is 1.21 bits per heavy atom. The summed E-state index contributed by atoms with van der Waals surface area (Å²) >= 11 is 11.7. The van der Waals surface area contributed by atoms with Gasteiger partial charge in [0.05, 0.1) is 16.9 Å². The molecule has 0 atom stereocenters. The number of halogens is 2. The lowest BCUT2D eigenvalue weighted by Gasteiger charge is -2.09. The Morgan fingerprint density at radius 2 is 1.89 bits per heavy atom. The zero-order valence-corrected chi connectivity index (χ0v) is 12.2. The van der Waals surface area contributed by atoms with Crippen LogP contribution in [0.25, 0.3) is 0 Å². The van der Waals surface area contributed by atoms with Crippen LogP contribution in [0.1, 0.15) is 5.56 Å². The second-order valence-corrected chi connectivity index (χ2v) is 6.28. The summed E-state index contributed by atoms with van der Waals surface area (Å²) in [6, 6.07) is 7.81. The SMILES string of the molecule is Cc1cc(NS(=O)(=O)c2ccccc2Cl)cnc1Cl. The van der Waals surface area contributed by atoms with Gasteiger partial charge in [0.2, 0.25) is 0 Å². The van der Waals surface area contributed by atoms with Gasteiger partial charge in [0, 0.05) is 0 Å². The van der Waals surface area contributed by atoms with Gasteiger partial charge in [-0.2, -0.15) is 0 Å². The third kappa shape index (κ3) is 3.18. The average molecular weight is 317 g/mol. The number of nitrogens with one attached hydrogen (secondary N) is 1. The van der Waals surface area contributed by atoms with Crippen LogP contribution in [0.2, 0.25) is 10.2 Å². The molecule has 1 N–H and O–H groups in total. The summed E-state index contributed by atoms with van der Waals surface area (Å²) in [5.41, 5.74) is 1.02. The highest BCUT2D eigenvalue weighted by Crippen LogP contribution is 2.24. The third-order valence-corrected chi connectivity index (χ3v) is 4.67. The summed E-state index contributed by atoms with van der Waals surface area (Å²) < 4.78 is 26.7. The summed E-state index contributed by atoms with van der Waals surface area (Å²) in [5, 5.41) is 0.495. The van der Waals surface area contributed by atoms with E-state index in [0.29, 0.717) is 16.4 Å². The minimum absolute atomic E-state index is 0.0178. The third-order valence-electron chi connectivity index (χ3n) is 2.39. The molecule has 19 heavy (non-hydrogen) atoms. The van der Waals surface area contributed by atoms with Crippen LogP contribution in [-0.4, -0.2) is 13.4 Å². The molecular formula is C12H10Cl2N2O2S. The van der Waals surface area contributed by atoms with Gasteiger partial charge in [-0.05, 0) is 30.7 Å². The van der Waals surface area contributed by atoms with E-state index in [1.165, 1.54) is 18.3 Å². The molecule has 0 saturated carbocycles. The fraction of sp³-hybridized carbons (Fsp3) is 0.0833. The number of aryl methyl sites for hydroxylation is 1. The van der Waals surface area contributed by atoms with Crippen LogP contribution >= 0.6 is 23.2 Å². The number of nitrogens with zero attached hydrogens (tertiary/aromatic N) is 1. The van der Waals surface area contributed by atoms with Crippen LogP contribution in [0.3, 0.4) is 0 Å². The van der Waals surface area contributed by atoms with Crippen LogP contribution in [0.5, 0.6) is 0 Å². The predicted octanol–water partition coefficient (Wildman–Crippen LogP) is 3.50. The Hall–Kier alpha value is -1.30. The molecule has 0 unspecified atom stereocenters. The van der Waals surface area contributed by atoms with E-state index in [2.05, 4.69) is 9.71 Å². The summed E-state index contributed by atoms with van der Waals surface area (Å²) in [5.74, 6) is 0. The Balaban J connectivity index is 2.37. The van der Waals surface area contributed by atoms with Gasteiger partial charge in [0.25, 0.3) is 10.0 Å². The van der Waals surface area contributed by atoms with Crippen LogP contribution in [-0.2, 0) is 10.0 Å². The highest BCUT2D eigenvalue weighted by atomic mass is 35.5. The monoisotopic (exact) mass is 316 g/mol. The maximum absolute atomic E-state index is 12.2. The van der Waals surface area contributed by atoms with E-state index in [0.717, 1.165) is 0 Å². The molecule has 2 rings (SSSR count). The molecule has 4 nitrogen and oxygen atoms in total. The molecule has 0 bridgehead atoms. The molecule has 1 heterocycles. The first-order chi connectivity index (χ1) is 8.90. The molecule has 0 radical (unpaired) electrons. The van der Waals surface area contributed by atoms with Crippen molar-refractivity contribution < 1.29 is 8.42 Å². The molecule has 2 aromatic rings. The molecular weight excluding hydrogens is 307 g/mol. The van der Waals surface area contributed by atoms with E-state index in [4.69, 9.17) is 23.2 Å². The predicted molar refractivity (Wildman–Crippen MR) is 76.2 cm³/mol. The molecule has 0 saturated heterocycles. The topological polar surface area (TPSA) is 59.1 Å². The Kier molecular flexibility index (Phi) is 3.99. The average Bonchev–Trinajstić information content (AvgIpc) is 2.34. The van der Waals surface area contributed by atoms with E-state index in [9.17, 15) is 8.42 Å². The molecule has 100 valence electrons. The highest BCUT2D eigenvalue weighted by Gasteiger charge is 2.17. The zero-order chi connectivity index (χ0) is 14.0. The molecule has 0 spiro atoms. The van der Waals surface area contributed by atoms with Gasteiger partial charge in [-0.3, -0.25) is 4.72 Å². The van der Waals surface area contributed by atoms with Crippen molar-refractivity contribution in [2.24, 2.45) is 0 Å². The minimum atomic E-state index is -3.74. The number of sulfonamides is 1. The number of hydrogen-bond donors (Lipinski definition) is 1. The Bertz CT molecular complexity index is 717. The summed E-state index contributed by atoms with van der Waals surface area (Å²) in [4.78, 5) is 3.90. The van der Waals surface area contributed by atoms with Crippen LogP contribution in [0.4, 0.5) is 5.69 Å². The van der Waals surface area contributed by atoms with Crippen molar-refractivity contribution in [2.45, 2.75) is 11.8 Å². The number of hydrogen-bond acceptors (Lipinski definition) is 3. The molecule has 0 fully saturated rings. The van der Waals surface area contributed by atoms with Crippen molar-refractivity contribution in [1.29, 1.82) is 0 Å². The number of rotatable bonds is 3. The van der Waals surface area contributed by atoms with Gasteiger partial charge < -0.3 is 0 Å². The van der Waals surface area contributed by atoms with Gasteiger partial charge >= 0.3 is 0 Å².